The number of carbonyl (C=O) groups is 2. The quantitative estimate of drug-likeness (QED) is 0.486. The molecule has 9 heteroatoms. The van der Waals surface area contributed by atoms with Crippen LogP contribution in [0.25, 0.3) is 0 Å². The average molecular weight is 444 g/mol. The molecule has 0 bridgehead atoms. The minimum Gasteiger partial charge on any atom is -0.361 e. The number of hydrogen-bond donors (Lipinski definition) is 3. The summed E-state index contributed by atoms with van der Waals surface area (Å²) in [5.74, 6) is -0.375. The monoisotopic (exact) mass is 443 g/mol. The first-order valence-corrected chi connectivity index (χ1v) is 10.1. The van der Waals surface area contributed by atoms with Gasteiger partial charge in [-0.15, -0.1) is 0 Å². The highest BCUT2D eigenvalue weighted by molar-refractivity contribution is 7.80. The van der Waals surface area contributed by atoms with Crippen molar-refractivity contribution in [3.63, 3.8) is 0 Å². The predicted octanol–water partition coefficient (Wildman–Crippen LogP) is 2.08. The van der Waals surface area contributed by atoms with E-state index in [1.165, 1.54) is 6.92 Å². The summed E-state index contributed by atoms with van der Waals surface area (Å²) < 4.78 is 0. The van der Waals surface area contributed by atoms with Crippen molar-refractivity contribution in [3.8, 4) is 0 Å². The highest BCUT2D eigenvalue weighted by atomic mass is 35.5. The van der Waals surface area contributed by atoms with Gasteiger partial charge in [0.1, 0.15) is 0 Å². The molecule has 1 unspecified atom stereocenters. The molecule has 156 valence electrons. The molecule has 1 atom stereocenters. The molecule has 2 aromatic rings. The summed E-state index contributed by atoms with van der Waals surface area (Å²) in [4.78, 5) is 30.3. The van der Waals surface area contributed by atoms with Crippen LogP contribution < -0.4 is 20.9 Å². The number of thiocarbonyl (C=S) groups is 1. The van der Waals surface area contributed by atoms with E-state index < -0.39 is 6.17 Å². The van der Waals surface area contributed by atoms with Gasteiger partial charge in [0.25, 0.3) is 5.91 Å². The van der Waals surface area contributed by atoms with Gasteiger partial charge < -0.3 is 20.9 Å². The van der Waals surface area contributed by atoms with E-state index in [0.717, 1.165) is 11.1 Å². The maximum Gasteiger partial charge on any atom is 0.272 e. The molecular weight excluding hydrogens is 422 g/mol. The summed E-state index contributed by atoms with van der Waals surface area (Å²) in [6.07, 6.45) is -0.919. The molecule has 1 aliphatic rings. The molecule has 30 heavy (non-hydrogen) atoms. The van der Waals surface area contributed by atoms with E-state index in [9.17, 15) is 9.59 Å². The van der Waals surface area contributed by atoms with Crippen LogP contribution in [0.2, 0.25) is 5.02 Å². The Hall–Kier alpha value is -2.97. The van der Waals surface area contributed by atoms with Gasteiger partial charge in [0.2, 0.25) is 12.1 Å². The van der Waals surface area contributed by atoms with Crippen LogP contribution in [-0.2, 0) is 9.59 Å². The molecule has 0 fully saturated rings. The van der Waals surface area contributed by atoms with E-state index >= 15 is 0 Å². The highest BCUT2D eigenvalue weighted by Crippen LogP contribution is 2.29. The normalized spacial score (nSPS) is 15.6. The van der Waals surface area contributed by atoms with Crippen LogP contribution in [0.3, 0.4) is 0 Å². The van der Waals surface area contributed by atoms with Crippen molar-refractivity contribution in [2.45, 2.75) is 13.1 Å². The lowest BCUT2D eigenvalue weighted by Gasteiger charge is -2.22. The average Bonchev–Trinajstić information content (AvgIpc) is 2.82. The van der Waals surface area contributed by atoms with Gasteiger partial charge in [0.15, 0.2) is 5.11 Å². The van der Waals surface area contributed by atoms with Crippen molar-refractivity contribution in [1.82, 2.24) is 16.0 Å². The van der Waals surface area contributed by atoms with E-state index in [4.69, 9.17) is 28.8 Å². The molecule has 0 spiro atoms. The number of anilines is 1. The Morgan fingerprint density at radius 3 is 2.57 bits per heavy atom. The van der Waals surface area contributed by atoms with Crippen molar-refractivity contribution in [3.05, 3.63) is 64.7 Å². The van der Waals surface area contributed by atoms with Crippen LogP contribution in [0.5, 0.6) is 0 Å². The van der Waals surface area contributed by atoms with Crippen molar-refractivity contribution < 1.29 is 9.59 Å². The Morgan fingerprint density at radius 2 is 1.87 bits per heavy atom. The molecule has 3 N–H and O–H groups in total. The van der Waals surface area contributed by atoms with Gasteiger partial charge in [0.05, 0.1) is 11.4 Å². The fourth-order valence-corrected chi connectivity index (χ4v) is 3.44. The first kappa shape index (κ1) is 21.7. The number of fused-ring (bicyclic) bond motifs is 1. The van der Waals surface area contributed by atoms with Gasteiger partial charge in [-0.05, 0) is 30.4 Å². The molecule has 1 aliphatic heterocycles. The van der Waals surface area contributed by atoms with Gasteiger partial charge in [-0.3, -0.25) is 9.59 Å². The summed E-state index contributed by atoms with van der Waals surface area (Å²) in [5.41, 5.74) is 2.98. The van der Waals surface area contributed by atoms with Crippen LogP contribution in [0, 0.1) is 0 Å². The zero-order valence-corrected chi connectivity index (χ0v) is 18.2. The summed E-state index contributed by atoms with van der Waals surface area (Å²) in [5, 5.41) is 9.44. The number of amides is 2. The van der Waals surface area contributed by atoms with Gasteiger partial charge >= 0.3 is 0 Å². The molecule has 0 saturated carbocycles. The minimum absolute atomic E-state index is 0.121. The zero-order chi connectivity index (χ0) is 21.7. The molecule has 3 rings (SSSR count). The van der Waals surface area contributed by atoms with E-state index in [1.807, 2.05) is 30.3 Å². The molecule has 7 nitrogen and oxygen atoms in total. The van der Waals surface area contributed by atoms with Crippen LogP contribution in [0.4, 0.5) is 5.69 Å². The fraction of sp³-hybridized carbons (Fsp3) is 0.238. The fourth-order valence-electron chi connectivity index (χ4n) is 3.06. The van der Waals surface area contributed by atoms with Crippen molar-refractivity contribution >= 4 is 52.1 Å². The highest BCUT2D eigenvalue weighted by Gasteiger charge is 2.30. The number of benzene rings is 2. The molecule has 0 saturated heterocycles. The number of rotatable bonds is 5. The Morgan fingerprint density at radius 1 is 1.17 bits per heavy atom. The molecule has 0 radical (unpaired) electrons. The summed E-state index contributed by atoms with van der Waals surface area (Å²) in [6.45, 7) is 2.28. The van der Waals surface area contributed by atoms with Crippen LogP contribution in [-0.4, -0.2) is 48.9 Å². The van der Waals surface area contributed by atoms with Gasteiger partial charge in [-0.2, -0.15) is 0 Å². The third kappa shape index (κ3) is 5.14. The molecule has 2 aromatic carbocycles. The zero-order valence-electron chi connectivity index (χ0n) is 16.6. The van der Waals surface area contributed by atoms with E-state index in [2.05, 4.69) is 16.0 Å². The Kier molecular flexibility index (Phi) is 7.02. The molecule has 1 heterocycles. The SMILES string of the molecule is CC(=O)NCCNC(=S)NC1N=C(c2ccccc2)c2cc(Cl)ccc2N(C)C1=O. The molecule has 2 amide bonds. The Bertz CT molecular complexity index is 996. The molecule has 0 aliphatic carbocycles. The van der Waals surface area contributed by atoms with Crippen molar-refractivity contribution in [2.75, 3.05) is 25.0 Å². The number of nitrogens with one attached hydrogen (secondary N) is 3. The molecular formula is C21H22ClN5O2S. The number of carbonyl (C=O) groups excluding carboxylic acids is 2. The maximum absolute atomic E-state index is 13.1. The maximum atomic E-state index is 13.1. The lowest BCUT2D eigenvalue weighted by molar-refractivity contribution is -0.120. The van der Waals surface area contributed by atoms with Gasteiger partial charge in [0, 0.05) is 43.2 Å². The van der Waals surface area contributed by atoms with E-state index in [-0.39, 0.29) is 16.9 Å². The number of aliphatic imine (C=N–C) groups is 1. The number of halogens is 1. The number of likely N-dealkylation sites (N-methyl/N-ethyl adjacent to an activating group) is 1. The Balaban J connectivity index is 1.90. The minimum atomic E-state index is -0.919. The Labute approximate surface area is 185 Å². The van der Waals surface area contributed by atoms with Crippen LogP contribution in [0.15, 0.2) is 53.5 Å². The largest absolute Gasteiger partial charge is 0.361 e. The number of hydrogen-bond acceptors (Lipinski definition) is 4. The summed E-state index contributed by atoms with van der Waals surface area (Å²) >= 11 is 11.6. The van der Waals surface area contributed by atoms with E-state index in [0.29, 0.717) is 29.5 Å². The van der Waals surface area contributed by atoms with Crippen molar-refractivity contribution in [1.29, 1.82) is 0 Å². The number of benzodiazepines with no additional fused rings is 1. The van der Waals surface area contributed by atoms with E-state index in [1.54, 1.807) is 30.1 Å². The lowest BCUT2D eigenvalue weighted by Crippen LogP contribution is -2.50. The van der Waals surface area contributed by atoms with Gasteiger partial charge in [-0.25, -0.2) is 4.99 Å². The van der Waals surface area contributed by atoms with Crippen LogP contribution in [0.1, 0.15) is 18.1 Å². The standard InChI is InChI=1S/C21H22ClN5O2S/c1-13(28)23-10-11-24-21(30)26-19-20(29)27(2)17-9-8-15(22)12-16(17)18(25-19)14-6-4-3-5-7-14/h3-9,12,19H,10-11H2,1-2H3,(H,23,28)(H2,24,26,30). The summed E-state index contributed by atoms with van der Waals surface area (Å²) in [6, 6.07) is 15.0. The third-order valence-electron chi connectivity index (χ3n) is 4.50. The number of nitrogens with zero attached hydrogens (tertiary/aromatic N) is 2. The molecule has 0 aromatic heterocycles. The predicted molar refractivity (Wildman–Crippen MR) is 123 cm³/mol. The first-order valence-electron chi connectivity index (χ1n) is 9.36. The smallest absolute Gasteiger partial charge is 0.272 e. The first-order chi connectivity index (χ1) is 14.4. The van der Waals surface area contributed by atoms with Crippen molar-refractivity contribution in [2.24, 2.45) is 4.99 Å². The van der Waals surface area contributed by atoms with Crippen LogP contribution >= 0.6 is 23.8 Å². The second-order valence-corrected chi connectivity index (χ2v) is 7.53. The second kappa shape index (κ2) is 9.69. The second-order valence-electron chi connectivity index (χ2n) is 6.69. The third-order valence-corrected chi connectivity index (χ3v) is 4.99. The topological polar surface area (TPSA) is 85.8 Å². The van der Waals surface area contributed by atoms with Gasteiger partial charge in [-0.1, -0.05) is 41.9 Å². The summed E-state index contributed by atoms with van der Waals surface area (Å²) in [7, 11) is 1.69. The lowest BCUT2D eigenvalue weighted by atomic mass is 10.0.